The van der Waals surface area contributed by atoms with Crippen LogP contribution in [-0.2, 0) is 0 Å². The average Bonchev–Trinajstić information content (AvgIpc) is 2.78. The number of amidine groups is 1. The van der Waals surface area contributed by atoms with Crippen LogP contribution in [0.3, 0.4) is 0 Å². The highest BCUT2D eigenvalue weighted by atomic mass is 16.1. The van der Waals surface area contributed by atoms with Crippen LogP contribution in [0.25, 0.3) is 11.3 Å². The number of hydrogen-bond donors (Lipinski definition) is 4. The molecule has 0 aliphatic carbocycles. The SMILES string of the molecule is CCNC(=O)c1cc(-c2ccnc(N=C(N)/C=C\NC)c2)nc(N2CCNCC2)c1. The van der Waals surface area contributed by atoms with Crippen LogP contribution in [0.4, 0.5) is 11.6 Å². The van der Waals surface area contributed by atoms with Gasteiger partial charge in [0.05, 0.1) is 5.69 Å². The Kier molecular flexibility index (Phi) is 7.34. The number of hydrogen-bond acceptors (Lipinski definition) is 7. The van der Waals surface area contributed by atoms with Gasteiger partial charge in [0.25, 0.3) is 5.91 Å². The zero-order chi connectivity index (χ0) is 21.3. The number of carbonyl (C=O) groups excluding carboxylic acids is 1. The summed E-state index contributed by atoms with van der Waals surface area (Å²) in [6, 6.07) is 7.31. The summed E-state index contributed by atoms with van der Waals surface area (Å²) in [7, 11) is 1.78. The van der Waals surface area contributed by atoms with Gasteiger partial charge in [0, 0.05) is 57.1 Å². The second kappa shape index (κ2) is 10.4. The lowest BCUT2D eigenvalue weighted by atomic mass is 10.1. The molecule has 3 heterocycles. The number of nitrogens with zero attached hydrogens (tertiary/aromatic N) is 4. The van der Waals surface area contributed by atoms with Crippen molar-refractivity contribution in [2.45, 2.75) is 6.92 Å². The molecule has 30 heavy (non-hydrogen) atoms. The molecule has 158 valence electrons. The molecule has 1 aliphatic rings. The molecule has 0 unspecified atom stereocenters. The van der Waals surface area contributed by atoms with Crippen LogP contribution >= 0.6 is 0 Å². The van der Waals surface area contributed by atoms with E-state index in [1.807, 2.05) is 25.1 Å². The second-order valence-electron chi connectivity index (χ2n) is 6.76. The number of aliphatic imine (C=N–C) groups is 1. The van der Waals surface area contributed by atoms with E-state index in [0.29, 0.717) is 29.5 Å². The molecule has 5 N–H and O–H groups in total. The van der Waals surface area contributed by atoms with Crippen LogP contribution in [0.1, 0.15) is 17.3 Å². The molecule has 1 amide bonds. The lowest BCUT2D eigenvalue weighted by Gasteiger charge is -2.29. The van der Waals surface area contributed by atoms with Gasteiger partial charge in [-0.2, -0.15) is 0 Å². The first kappa shape index (κ1) is 21.3. The fourth-order valence-electron chi connectivity index (χ4n) is 3.09. The van der Waals surface area contributed by atoms with E-state index in [4.69, 9.17) is 10.7 Å². The van der Waals surface area contributed by atoms with Crippen LogP contribution in [0.5, 0.6) is 0 Å². The first-order valence-corrected chi connectivity index (χ1v) is 10.0. The number of pyridine rings is 2. The smallest absolute Gasteiger partial charge is 0.251 e. The summed E-state index contributed by atoms with van der Waals surface area (Å²) in [6.45, 7) is 5.91. The molecule has 2 aromatic heterocycles. The average molecular weight is 409 g/mol. The number of piperazine rings is 1. The van der Waals surface area contributed by atoms with Crippen molar-refractivity contribution in [1.29, 1.82) is 0 Å². The van der Waals surface area contributed by atoms with E-state index in [-0.39, 0.29) is 5.91 Å². The molecule has 2 aromatic rings. The number of nitrogens with one attached hydrogen (secondary N) is 3. The third-order valence-electron chi connectivity index (χ3n) is 4.56. The Balaban J connectivity index is 1.99. The van der Waals surface area contributed by atoms with Crippen molar-refractivity contribution in [1.82, 2.24) is 25.9 Å². The molecule has 9 heteroatoms. The zero-order valence-electron chi connectivity index (χ0n) is 17.4. The molecule has 0 atom stereocenters. The van der Waals surface area contributed by atoms with Gasteiger partial charge in [-0.15, -0.1) is 0 Å². The van der Waals surface area contributed by atoms with Gasteiger partial charge in [-0.1, -0.05) is 0 Å². The molecule has 0 spiro atoms. The zero-order valence-corrected chi connectivity index (χ0v) is 17.4. The number of anilines is 1. The van der Waals surface area contributed by atoms with Crippen LogP contribution < -0.4 is 26.6 Å². The fraction of sp³-hybridized carbons (Fsp3) is 0.333. The first-order chi connectivity index (χ1) is 14.6. The highest BCUT2D eigenvalue weighted by Gasteiger charge is 2.17. The summed E-state index contributed by atoms with van der Waals surface area (Å²) in [5, 5.41) is 9.07. The summed E-state index contributed by atoms with van der Waals surface area (Å²) < 4.78 is 0. The minimum atomic E-state index is -0.119. The van der Waals surface area contributed by atoms with Crippen molar-refractivity contribution in [3.63, 3.8) is 0 Å². The van der Waals surface area contributed by atoms with Crippen LogP contribution in [0.15, 0.2) is 47.7 Å². The van der Waals surface area contributed by atoms with E-state index in [1.54, 1.807) is 31.6 Å². The molecule has 9 nitrogen and oxygen atoms in total. The Hall–Kier alpha value is -3.46. The lowest BCUT2D eigenvalue weighted by molar-refractivity contribution is 0.0956. The Morgan fingerprint density at radius 3 is 2.87 bits per heavy atom. The maximum Gasteiger partial charge on any atom is 0.251 e. The number of rotatable bonds is 7. The van der Waals surface area contributed by atoms with Crippen molar-refractivity contribution >= 4 is 23.4 Å². The standard InChI is InChI=1S/C21H28N8O/c1-3-25-21(30)16-12-17(27-20(14-16)29-10-8-24-9-11-29)15-4-7-26-19(13-15)28-18(22)5-6-23-2/h4-7,12-14,23-24H,3,8-11H2,1-2H3,(H,25,30)(H2,22,26,28)/b6-5-. The summed E-state index contributed by atoms with van der Waals surface area (Å²) in [6.07, 6.45) is 5.01. The van der Waals surface area contributed by atoms with Gasteiger partial charge < -0.3 is 26.6 Å². The molecular weight excluding hydrogens is 380 g/mol. The normalized spacial score (nSPS) is 14.7. The molecule has 3 rings (SSSR count). The number of carbonyl (C=O) groups is 1. The van der Waals surface area contributed by atoms with Crippen molar-refractivity contribution in [2.24, 2.45) is 10.7 Å². The predicted molar refractivity (Wildman–Crippen MR) is 120 cm³/mol. The molecule has 0 bridgehead atoms. The third kappa shape index (κ3) is 5.54. The van der Waals surface area contributed by atoms with E-state index >= 15 is 0 Å². The van der Waals surface area contributed by atoms with Gasteiger partial charge in [-0.05, 0) is 43.5 Å². The quantitative estimate of drug-likeness (QED) is 0.399. The number of aromatic nitrogens is 2. The Morgan fingerprint density at radius 1 is 1.33 bits per heavy atom. The van der Waals surface area contributed by atoms with Crippen molar-refractivity contribution in [3.8, 4) is 11.3 Å². The number of amides is 1. The van der Waals surface area contributed by atoms with E-state index in [1.165, 1.54) is 0 Å². The van der Waals surface area contributed by atoms with E-state index < -0.39 is 0 Å². The highest BCUT2D eigenvalue weighted by Crippen LogP contribution is 2.25. The molecule has 0 radical (unpaired) electrons. The monoisotopic (exact) mass is 408 g/mol. The van der Waals surface area contributed by atoms with Gasteiger partial charge in [0.2, 0.25) is 0 Å². The topological polar surface area (TPSA) is 121 Å². The first-order valence-electron chi connectivity index (χ1n) is 10.0. The van der Waals surface area contributed by atoms with Gasteiger partial charge >= 0.3 is 0 Å². The molecule has 1 fully saturated rings. The van der Waals surface area contributed by atoms with Crippen molar-refractivity contribution in [2.75, 3.05) is 44.7 Å². The van der Waals surface area contributed by atoms with Gasteiger partial charge in [0.15, 0.2) is 5.82 Å². The van der Waals surface area contributed by atoms with Crippen molar-refractivity contribution in [3.05, 3.63) is 48.3 Å². The van der Waals surface area contributed by atoms with Gasteiger partial charge in [-0.25, -0.2) is 15.0 Å². The van der Waals surface area contributed by atoms with E-state index in [9.17, 15) is 4.79 Å². The number of nitrogens with two attached hydrogens (primary N) is 1. The summed E-state index contributed by atoms with van der Waals surface area (Å²) in [4.78, 5) is 28.1. The Labute approximate surface area is 176 Å². The summed E-state index contributed by atoms with van der Waals surface area (Å²) in [5.41, 5.74) is 7.99. The molecule has 0 aromatic carbocycles. The minimum Gasteiger partial charge on any atom is -0.394 e. The molecule has 0 saturated carbocycles. The van der Waals surface area contributed by atoms with Crippen LogP contribution in [-0.4, -0.2) is 61.5 Å². The van der Waals surface area contributed by atoms with Crippen LogP contribution in [0.2, 0.25) is 0 Å². The van der Waals surface area contributed by atoms with Crippen molar-refractivity contribution < 1.29 is 4.79 Å². The predicted octanol–water partition coefficient (Wildman–Crippen LogP) is 1.02. The Bertz CT molecular complexity index is 934. The molecule has 1 aliphatic heterocycles. The maximum atomic E-state index is 12.5. The minimum absolute atomic E-state index is 0.119. The molecular formula is C21H28N8O. The lowest BCUT2D eigenvalue weighted by Crippen LogP contribution is -2.44. The summed E-state index contributed by atoms with van der Waals surface area (Å²) >= 11 is 0. The van der Waals surface area contributed by atoms with Gasteiger partial charge in [-0.3, -0.25) is 4.79 Å². The fourth-order valence-corrected chi connectivity index (χ4v) is 3.09. The molecule has 1 saturated heterocycles. The Morgan fingerprint density at radius 2 is 2.13 bits per heavy atom. The third-order valence-corrected chi connectivity index (χ3v) is 4.56. The van der Waals surface area contributed by atoms with E-state index in [2.05, 4.69) is 30.8 Å². The van der Waals surface area contributed by atoms with Crippen LogP contribution in [0, 0.1) is 0 Å². The van der Waals surface area contributed by atoms with E-state index in [0.717, 1.165) is 37.6 Å². The maximum absolute atomic E-state index is 12.5. The summed E-state index contributed by atoms with van der Waals surface area (Å²) in [5.74, 6) is 1.47. The second-order valence-corrected chi connectivity index (χ2v) is 6.76. The highest BCUT2D eigenvalue weighted by molar-refractivity contribution is 5.96. The van der Waals surface area contributed by atoms with Gasteiger partial charge in [0.1, 0.15) is 11.7 Å². The largest absolute Gasteiger partial charge is 0.394 e.